The Kier molecular flexibility index (Phi) is 9.86. The predicted molar refractivity (Wildman–Crippen MR) is 148 cm³/mol. The van der Waals surface area contributed by atoms with Crippen molar-refractivity contribution >= 4 is 17.9 Å². The predicted octanol–water partition coefficient (Wildman–Crippen LogP) is 0.547. The van der Waals surface area contributed by atoms with Crippen LogP contribution in [0, 0.1) is 29.6 Å². The molecule has 0 spiro atoms. The number of nitrogens with zero attached hydrogens (tertiary/aromatic N) is 6. The number of rotatable bonds is 8. The number of allylic oxidation sites excluding steroid dienone is 2. The van der Waals surface area contributed by atoms with Gasteiger partial charge in [0.1, 0.15) is 23.3 Å². The number of aromatic hydroxyl groups is 1. The first kappa shape index (κ1) is 29.9. The molecular formula is C29H34N6O6. The van der Waals surface area contributed by atoms with Gasteiger partial charge in [-0.05, 0) is 37.1 Å². The van der Waals surface area contributed by atoms with Gasteiger partial charge in [0.15, 0.2) is 0 Å². The fourth-order valence-electron chi connectivity index (χ4n) is 5.11. The van der Waals surface area contributed by atoms with E-state index in [0.29, 0.717) is 71.3 Å². The number of pyridine rings is 1. The van der Waals surface area contributed by atoms with Crippen molar-refractivity contribution < 1.29 is 24.2 Å². The molecule has 0 saturated carbocycles. The molecule has 2 saturated heterocycles. The number of aromatic nitrogens is 1. The van der Waals surface area contributed by atoms with Gasteiger partial charge in [0, 0.05) is 63.5 Å². The zero-order valence-electron chi connectivity index (χ0n) is 23.4. The molecule has 1 aromatic heterocycles. The van der Waals surface area contributed by atoms with Gasteiger partial charge < -0.3 is 14.6 Å². The Bertz CT molecular complexity index is 1430. The summed E-state index contributed by atoms with van der Waals surface area (Å²) < 4.78 is 11.9. The molecule has 1 N–H and O–H groups in total. The molecule has 0 aliphatic carbocycles. The normalized spacial score (nSPS) is 20.2. The van der Waals surface area contributed by atoms with Crippen LogP contribution in [0.25, 0.3) is 6.08 Å². The van der Waals surface area contributed by atoms with Crippen LogP contribution in [0.1, 0.15) is 23.6 Å². The van der Waals surface area contributed by atoms with Gasteiger partial charge in [-0.2, -0.15) is 10.5 Å². The Hall–Kier alpha value is -4.07. The summed E-state index contributed by atoms with van der Waals surface area (Å²) in [4.78, 5) is 44.5. The van der Waals surface area contributed by atoms with Crippen molar-refractivity contribution in [2.45, 2.75) is 20.4 Å². The zero-order chi connectivity index (χ0) is 29.5. The van der Waals surface area contributed by atoms with Crippen molar-refractivity contribution in [1.29, 1.82) is 10.5 Å². The number of morpholine rings is 2. The molecule has 2 amide bonds. The van der Waals surface area contributed by atoms with Gasteiger partial charge in [-0.3, -0.25) is 33.7 Å². The second-order valence-electron chi connectivity index (χ2n) is 10.0. The summed E-state index contributed by atoms with van der Waals surface area (Å²) >= 11 is 0. The van der Waals surface area contributed by atoms with Crippen molar-refractivity contribution in [3.8, 4) is 18.0 Å². The zero-order valence-corrected chi connectivity index (χ0v) is 23.4. The average molecular weight is 563 g/mol. The molecule has 0 aromatic carbocycles. The first-order valence-electron chi connectivity index (χ1n) is 13.6. The molecule has 3 aliphatic rings. The number of amides is 2. The summed E-state index contributed by atoms with van der Waals surface area (Å²) in [6.07, 6.45) is 4.52. The Labute approximate surface area is 238 Å². The summed E-state index contributed by atoms with van der Waals surface area (Å²) in [5, 5.41) is 30.4. The summed E-state index contributed by atoms with van der Waals surface area (Å²) in [5.41, 5.74) is 0.282. The van der Waals surface area contributed by atoms with Gasteiger partial charge in [0.2, 0.25) is 5.88 Å². The Morgan fingerprint density at radius 3 is 2.00 bits per heavy atom. The van der Waals surface area contributed by atoms with Gasteiger partial charge in [-0.25, -0.2) is 0 Å². The number of carbonyl (C=O) groups excluding carboxylic acids is 2. The maximum Gasteiger partial charge on any atom is 0.271 e. The highest BCUT2D eigenvalue weighted by atomic mass is 16.5. The van der Waals surface area contributed by atoms with E-state index in [1.54, 1.807) is 13.8 Å². The number of hydrogen-bond donors (Lipinski definition) is 1. The largest absolute Gasteiger partial charge is 0.494 e. The molecule has 12 nitrogen and oxygen atoms in total. The number of imide groups is 1. The molecule has 1 aromatic rings. The highest BCUT2D eigenvalue weighted by Gasteiger charge is 2.35. The lowest BCUT2D eigenvalue weighted by molar-refractivity contribution is -0.140. The highest BCUT2D eigenvalue weighted by Crippen LogP contribution is 2.27. The number of nitriles is 2. The van der Waals surface area contributed by atoms with E-state index in [2.05, 4.69) is 9.80 Å². The molecule has 41 heavy (non-hydrogen) atoms. The maximum atomic E-state index is 13.4. The molecule has 4 heterocycles. The van der Waals surface area contributed by atoms with Gasteiger partial charge in [0.25, 0.3) is 17.4 Å². The van der Waals surface area contributed by atoms with E-state index in [1.165, 1.54) is 22.8 Å². The molecule has 0 atom stereocenters. The second-order valence-corrected chi connectivity index (χ2v) is 10.0. The van der Waals surface area contributed by atoms with Crippen molar-refractivity contribution in [1.82, 2.24) is 19.3 Å². The molecule has 2 fully saturated rings. The van der Waals surface area contributed by atoms with Crippen molar-refractivity contribution in [2.24, 2.45) is 0 Å². The van der Waals surface area contributed by atoms with Crippen molar-refractivity contribution in [3.63, 3.8) is 0 Å². The third-order valence-corrected chi connectivity index (χ3v) is 7.68. The lowest BCUT2D eigenvalue weighted by atomic mass is 9.94. The first-order chi connectivity index (χ1) is 19.8. The number of ether oxygens (including phenoxy) is 2. The van der Waals surface area contributed by atoms with Crippen molar-refractivity contribution in [3.05, 3.63) is 55.9 Å². The Morgan fingerprint density at radius 2 is 1.44 bits per heavy atom. The molecular weight excluding hydrogens is 528 g/mol. The summed E-state index contributed by atoms with van der Waals surface area (Å²) in [6, 6.07) is 3.88. The second kappa shape index (κ2) is 13.5. The summed E-state index contributed by atoms with van der Waals surface area (Å²) in [6.45, 7) is 9.60. The van der Waals surface area contributed by atoms with Crippen LogP contribution in [0.5, 0.6) is 5.88 Å². The van der Waals surface area contributed by atoms with Crippen LogP contribution in [-0.4, -0.2) is 108 Å². The third-order valence-electron chi connectivity index (χ3n) is 7.68. The van der Waals surface area contributed by atoms with E-state index in [0.717, 1.165) is 4.90 Å². The van der Waals surface area contributed by atoms with Gasteiger partial charge in [-0.15, -0.1) is 0 Å². The summed E-state index contributed by atoms with van der Waals surface area (Å²) in [7, 11) is 0. The van der Waals surface area contributed by atoms with E-state index in [-0.39, 0.29) is 46.8 Å². The van der Waals surface area contributed by atoms with E-state index in [1.807, 2.05) is 12.1 Å². The lowest BCUT2D eigenvalue weighted by Gasteiger charge is -2.31. The quantitative estimate of drug-likeness (QED) is 0.351. The SMILES string of the molecule is CC1=C(C#N)C(=O)N(CCN2CCOCC2)C(=O)/C1=C/C=C/c1c(C)c(C#N)c(=O)n(CCN2CCOCC2)c1O. The van der Waals surface area contributed by atoms with E-state index in [9.17, 15) is 30.0 Å². The summed E-state index contributed by atoms with van der Waals surface area (Å²) in [5.74, 6) is -1.42. The molecule has 12 heteroatoms. The fraction of sp³-hybridized carbons (Fsp3) is 0.483. The minimum Gasteiger partial charge on any atom is -0.494 e. The number of hydrogen-bond acceptors (Lipinski definition) is 10. The van der Waals surface area contributed by atoms with Crippen LogP contribution in [-0.2, 0) is 25.6 Å². The molecule has 0 unspecified atom stereocenters. The van der Waals surface area contributed by atoms with Crippen molar-refractivity contribution in [2.75, 3.05) is 72.2 Å². The van der Waals surface area contributed by atoms with Crippen LogP contribution in [0.4, 0.5) is 0 Å². The minimum atomic E-state index is -0.621. The molecule has 0 radical (unpaired) electrons. The van der Waals surface area contributed by atoms with Crippen LogP contribution in [0.2, 0.25) is 0 Å². The first-order valence-corrected chi connectivity index (χ1v) is 13.6. The van der Waals surface area contributed by atoms with Crippen LogP contribution >= 0.6 is 0 Å². The number of carbonyl (C=O) groups is 2. The van der Waals surface area contributed by atoms with Crippen LogP contribution in [0.15, 0.2) is 33.7 Å². The Morgan fingerprint density at radius 1 is 0.854 bits per heavy atom. The van der Waals surface area contributed by atoms with Gasteiger partial charge >= 0.3 is 0 Å². The average Bonchev–Trinajstić information content (AvgIpc) is 2.97. The lowest BCUT2D eigenvalue weighted by Crippen LogP contribution is -2.48. The molecule has 0 bridgehead atoms. The van der Waals surface area contributed by atoms with Crippen LogP contribution in [0.3, 0.4) is 0 Å². The topological polar surface area (TPSA) is 152 Å². The minimum absolute atomic E-state index is 0.0754. The van der Waals surface area contributed by atoms with Gasteiger partial charge in [-0.1, -0.05) is 6.08 Å². The van der Waals surface area contributed by atoms with Crippen LogP contribution < -0.4 is 5.56 Å². The molecule has 3 aliphatic heterocycles. The monoisotopic (exact) mass is 562 g/mol. The fourth-order valence-corrected chi connectivity index (χ4v) is 5.11. The molecule has 4 rings (SSSR count). The standard InChI is InChI=1S/C29H34N6O6/c1-20-22(26(36)34(28(38)24(20)18-30)8-6-32-10-14-40-15-11-32)4-3-5-23-21(2)25(19-31)29(39)35(27(23)37)9-7-33-12-16-41-17-13-33/h3-5,36H,6-17H2,1-2H3/b4-3+,23-5+. The van der Waals surface area contributed by atoms with E-state index >= 15 is 0 Å². The highest BCUT2D eigenvalue weighted by molar-refractivity contribution is 6.18. The third kappa shape index (κ3) is 6.47. The Balaban J connectivity index is 1.61. The maximum absolute atomic E-state index is 13.4. The molecule has 216 valence electrons. The van der Waals surface area contributed by atoms with E-state index in [4.69, 9.17) is 9.47 Å². The smallest absolute Gasteiger partial charge is 0.271 e. The van der Waals surface area contributed by atoms with Gasteiger partial charge in [0.05, 0.1) is 26.4 Å². The van der Waals surface area contributed by atoms with E-state index < -0.39 is 17.4 Å².